The molecule has 1 heterocycles. The van der Waals surface area contributed by atoms with Gasteiger partial charge >= 0.3 is 0 Å². The minimum atomic E-state index is -1.53. The van der Waals surface area contributed by atoms with Gasteiger partial charge in [0.05, 0.1) is 4.91 Å². The molecule has 7 heteroatoms. The second-order valence-corrected chi connectivity index (χ2v) is 10.4. The third-order valence-electron chi connectivity index (χ3n) is 6.77. The maximum absolute atomic E-state index is 14.9. The van der Waals surface area contributed by atoms with Gasteiger partial charge in [0.1, 0.15) is 18.5 Å². The van der Waals surface area contributed by atoms with Crippen molar-refractivity contribution in [2.75, 3.05) is 0 Å². The fraction of sp³-hybridized carbons (Fsp3) is 0.129. The average molecular weight is 526 g/mol. The summed E-state index contributed by atoms with van der Waals surface area (Å²) in [6, 6.07) is 28.1. The molecule has 1 aliphatic carbocycles. The average Bonchev–Trinajstić information content (AvgIpc) is 3.50. The first kappa shape index (κ1) is 24.1. The lowest BCUT2D eigenvalue weighted by molar-refractivity contribution is -0.114. The molecule has 0 spiro atoms. The van der Waals surface area contributed by atoms with E-state index in [1.54, 1.807) is 18.2 Å². The number of nitrogens with one attached hydrogen (secondary N) is 1. The highest BCUT2D eigenvalue weighted by atomic mass is 32.2. The predicted molar refractivity (Wildman–Crippen MR) is 145 cm³/mol. The summed E-state index contributed by atoms with van der Waals surface area (Å²) < 4.78 is 41.3. The van der Waals surface area contributed by atoms with Crippen molar-refractivity contribution < 1.29 is 22.9 Å². The number of benzene rings is 4. The van der Waals surface area contributed by atoms with E-state index >= 15 is 0 Å². The van der Waals surface area contributed by atoms with Crippen LogP contribution in [0.2, 0.25) is 0 Å². The van der Waals surface area contributed by atoms with Crippen LogP contribution in [0.4, 0.5) is 4.39 Å². The van der Waals surface area contributed by atoms with Crippen LogP contribution in [-0.2, 0) is 28.8 Å². The van der Waals surface area contributed by atoms with Crippen molar-refractivity contribution in [3.8, 4) is 22.6 Å². The maximum atomic E-state index is 14.9. The van der Waals surface area contributed by atoms with Crippen LogP contribution in [0.25, 0.3) is 16.0 Å². The first-order valence-electron chi connectivity index (χ1n) is 12.3. The Hall–Kier alpha value is -4.23. The van der Waals surface area contributed by atoms with E-state index in [2.05, 4.69) is 10.8 Å². The van der Waals surface area contributed by atoms with Gasteiger partial charge in [-0.2, -0.15) is 0 Å². The normalized spacial score (nSPS) is 18.0. The van der Waals surface area contributed by atoms with E-state index in [0.29, 0.717) is 22.8 Å². The highest BCUT2D eigenvalue weighted by molar-refractivity contribution is 7.93. The standard InChI is InChI=1S/C31H24FNO4S/c32-27-17-22(11-15-29(27)36-19-20-5-2-1-3-6-20)24-7-4-8-26-25(24)14-16-28(26)37-23-12-9-21(10-13-23)30-18-31(34)33-38(30)35/h1-13,15,17-18,28H,14,16,19H2,(H,33,34)/t28-,38?/m1/s1. The van der Waals surface area contributed by atoms with Gasteiger partial charge in [-0.3, -0.25) is 9.52 Å². The van der Waals surface area contributed by atoms with Crippen molar-refractivity contribution in [3.63, 3.8) is 0 Å². The Morgan fingerprint density at radius 1 is 0.921 bits per heavy atom. The van der Waals surface area contributed by atoms with Crippen LogP contribution in [0.1, 0.15) is 34.8 Å². The quantitative estimate of drug-likeness (QED) is 0.309. The molecule has 1 aliphatic heterocycles. The molecule has 38 heavy (non-hydrogen) atoms. The Morgan fingerprint density at radius 2 is 1.71 bits per heavy atom. The van der Waals surface area contributed by atoms with Gasteiger partial charge in [0.15, 0.2) is 22.6 Å². The number of carbonyl (C=O) groups excluding carboxylic acids is 1. The first-order chi connectivity index (χ1) is 18.5. The number of ether oxygens (including phenoxy) is 2. The summed E-state index contributed by atoms with van der Waals surface area (Å²) in [5.74, 6) is 0.169. The van der Waals surface area contributed by atoms with E-state index < -0.39 is 16.8 Å². The van der Waals surface area contributed by atoms with Crippen molar-refractivity contribution in [1.82, 2.24) is 4.72 Å². The van der Waals surface area contributed by atoms with Crippen LogP contribution >= 0.6 is 0 Å². The van der Waals surface area contributed by atoms with Crippen LogP contribution in [0, 0.1) is 5.82 Å². The van der Waals surface area contributed by atoms with Crippen LogP contribution < -0.4 is 14.2 Å². The summed E-state index contributed by atoms with van der Waals surface area (Å²) in [5.41, 5.74) is 5.73. The molecule has 2 aliphatic rings. The zero-order valence-corrected chi connectivity index (χ0v) is 21.2. The lowest BCUT2D eigenvalue weighted by Gasteiger charge is -2.16. The Balaban J connectivity index is 1.18. The zero-order chi connectivity index (χ0) is 26.1. The molecule has 1 unspecified atom stereocenters. The molecule has 190 valence electrons. The maximum Gasteiger partial charge on any atom is 0.257 e. The van der Waals surface area contributed by atoms with Crippen LogP contribution in [0.3, 0.4) is 0 Å². The molecule has 1 N–H and O–H groups in total. The van der Waals surface area contributed by atoms with Gasteiger partial charge in [-0.05, 0) is 70.5 Å². The molecule has 0 fully saturated rings. The van der Waals surface area contributed by atoms with Crippen LogP contribution in [0.15, 0.2) is 97.1 Å². The smallest absolute Gasteiger partial charge is 0.257 e. The van der Waals surface area contributed by atoms with Crippen LogP contribution in [0.5, 0.6) is 11.5 Å². The molecule has 0 bridgehead atoms. The van der Waals surface area contributed by atoms with Gasteiger partial charge in [-0.1, -0.05) is 66.7 Å². The topological polar surface area (TPSA) is 64.6 Å². The monoisotopic (exact) mass is 525 g/mol. The molecule has 4 aromatic rings. The lowest BCUT2D eigenvalue weighted by Crippen LogP contribution is -2.16. The molecule has 0 aromatic heterocycles. The Kier molecular flexibility index (Phi) is 6.52. The van der Waals surface area contributed by atoms with Crippen molar-refractivity contribution in [2.45, 2.75) is 25.6 Å². The number of hydrogen-bond donors (Lipinski definition) is 1. The Labute approximate surface area is 222 Å². The van der Waals surface area contributed by atoms with E-state index in [4.69, 9.17) is 9.47 Å². The van der Waals surface area contributed by atoms with Gasteiger partial charge in [0.25, 0.3) is 5.91 Å². The van der Waals surface area contributed by atoms with E-state index in [1.165, 1.54) is 12.1 Å². The van der Waals surface area contributed by atoms with Gasteiger partial charge in [0.2, 0.25) is 0 Å². The number of hydrogen-bond acceptors (Lipinski definition) is 4. The summed E-state index contributed by atoms with van der Waals surface area (Å²) in [6.07, 6.45) is 2.85. The molecule has 0 radical (unpaired) electrons. The van der Waals surface area contributed by atoms with Gasteiger partial charge < -0.3 is 9.47 Å². The van der Waals surface area contributed by atoms with E-state index in [9.17, 15) is 13.4 Å². The number of rotatable bonds is 7. The fourth-order valence-corrected chi connectivity index (χ4v) is 5.85. The molecule has 4 aromatic carbocycles. The number of fused-ring (bicyclic) bond motifs is 1. The fourth-order valence-electron chi connectivity index (χ4n) is 4.93. The summed E-state index contributed by atoms with van der Waals surface area (Å²) in [4.78, 5) is 11.9. The van der Waals surface area contributed by atoms with Gasteiger partial charge in [-0.15, -0.1) is 0 Å². The molecule has 1 amide bonds. The van der Waals surface area contributed by atoms with E-state index in [0.717, 1.165) is 40.7 Å². The predicted octanol–water partition coefficient (Wildman–Crippen LogP) is 6.27. The van der Waals surface area contributed by atoms with Gasteiger partial charge in [-0.25, -0.2) is 8.60 Å². The van der Waals surface area contributed by atoms with Crippen molar-refractivity contribution in [2.24, 2.45) is 0 Å². The van der Waals surface area contributed by atoms with E-state index in [1.807, 2.05) is 60.7 Å². The lowest BCUT2D eigenvalue weighted by atomic mass is 9.96. The largest absolute Gasteiger partial charge is 0.486 e. The third-order valence-corrected chi connectivity index (χ3v) is 7.91. The molecular weight excluding hydrogens is 501 g/mol. The molecule has 5 nitrogen and oxygen atoms in total. The van der Waals surface area contributed by atoms with E-state index in [-0.39, 0.29) is 17.8 Å². The number of amides is 1. The van der Waals surface area contributed by atoms with Crippen LogP contribution in [-0.4, -0.2) is 10.1 Å². The molecule has 0 saturated heterocycles. The molecule has 0 saturated carbocycles. The summed E-state index contributed by atoms with van der Waals surface area (Å²) in [5, 5.41) is 0. The second kappa shape index (κ2) is 10.3. The number of carbonyl (C=O) groups is 1. The Morgan fingerprint density at radius 3 is 2.45 bits per heavy atom. The second-order valence-electron chi connectivity index (χ2n) is 9.21. The van der Waals surface area contributed by atoms with Gasteiger partial charge in [0, 0.05) is 6.08 Å². The van der Waals surface area contributed by atoms with Crippen molar-refractivity contribution in [1.29, 1.82) is 0 Å². The molecular formula is C31H24FNO4S. The third kappa shape index (κ3) is 4.85. The summed E-state index contributed by atoms with van der Waals surface area (Å²) >= 11 is 0. The SMILES string of the molecule is O=C1C=C(c2ccc(O[C@@H]3CCc4c(-c5ccc(OCc6ccccc6)c(F)c5)cccc43)cc2)S(=O)N1. The molecule has 6 rings (SSSR count). The van der Waals surface area contributed by atoms with Crippen molar-refractivity contribution >= 4 is 21.8 Å². The highest BCUT2D eigenvalue weighted by Gasteiger charge is 2.27. The molecule has 2 atom stereocenters. The zero-order valence-electron chi connectivity index (χ0n) is 20.4. The minimum absolute atomic E-state index is 0.128. The summed E-state index contributed by atoms with van der Waals surface area (Å²) in [7, 11) is -1.53. The summed E-state index contributed by atoms with van der Waals surface area (Å²) in [6.45, 7) is 0.308. The minimum Gasteiger partial charge on any atom is -0.486 e. The Bertz CT molecular complexity index is 1570. The highest BCUT2D eigenvalue weighted by Crippen LogP contribution is 2.41. The first-order valence-corrected chi connectivity index (χ1v) is 13.5. The van der Waals surface area contributed by atoms with Crippen molar-refractivity contribution in [3.05, 3.63) is 125 Å². The number of halogens is 1.